The van der Waals surface area contributed by atoms with Crippen molar-refractivity contribution in [2.45, 2.75) is 53.9 Å². The average molecular weight is 1210 g/mol. The Balaban J connectivity index is 0.902. The lowest BCUT2D eigenvalue weighted by Gasteiger charge is -2.17. The number of benzene rings is 8. The molecule has 6 aliphatic heterocycles. The quantitative estimate of drug-likeness (QED) is 0.134. The van der Waals surface area contributed by atoms with Crippen molar-refractivity contribution in [3.8, 4) is 45.6 Å². The van der Waals surface area contributed by atoms with E-state index in [1.54, 1.807) is 97.1 Å². The van der Waals surface area contributed by atoms with Crippen LogP contribution in [0.2, 0.25) is 0 Å². The molecule has 20 heteroatoms. The van der Waals surface area contributed by atoms with Crippen LogP contribution >= 0.6 is 0 Å². The van der Waals surface area contributed by atoms with Crippen molar-refractivity contribution >= 4 is 91.4 Å². The number of carbonyl (C=O) groups excluding carboxylic acids is 8. The number of aryl methyl sites for hydroxylation is 4. The van der Waals surface area contributed by atoms with Gasteiger partial charge in [0.1, 0.15) is 22.6 Å². The van der Waals surface area contributed by atoms with Gasteiger partial charge < -0.3 is 9.97 Å². The normalized spacial score (nSPS) is 14.6. The van der Waals surface area contributed by atoms with Crippen molar-refractivity contribution in [1.29, 1.82) is 0 Å². The number of aromatic nitrogens is 8. The molecular weight excluding hydrogens is 1160 g/mol. The van der Waals surface area contributed by atoms with Crippen LogP contribution in [0, 0.1) is 27.7 Å². The molecule has 6 aliphatic rings. The highest BCUT2D eigenvalue weighted by molar-refractivity contribution is 6.24. The Bertz CT molecular complexity index is 5110. The minimum atomic E-state index is -0.413. The molecule has 442 valence electrons. The van der Waals surface area contributed by atoms with E-state index in [9.17, 15) is 38.4 Å². The molecule has 0 radical (unpaired) electrons. The molecular formula is C72H46N12O8. The second-order valence-corrected chi connectivity index (χ2v) is 23.9. The van der Waals surface area contributed by atoms with E-state index in [-0.39, 0.29) is 49.5 Å². The zero-order valence-electron chi connectivity index (χ0n) is 49.4. The van der Waals surface area contributed by atoms with E-state index in [0.717, 1.165) is 22.3 Å². The second kappa shape index (κ2) is 19.6. The predicted molar refractivity (Wildman–Crippen MR) is 338 cm³/mol. The van der Waals surface area contributed by atoms with Crippen molar-refractivity contribution in [3.63, 3.8) is 0 Å². The van der Waals surface area contributed by atoms with E-state index >= 15 is 0 Å². The number of carbonyl (C=O) groups is 8. The Hall–Kier alpha value is -12.3. The third-order valence-corrected chi connectivity index (χ3v) is 18.5. The summed E-state index contributed by atoms with van der Waals surface area (Å²) in [6.07, 6.45) is 0. The largest absolute Gasteiger partial charge is 0.324 e. The zero-order valence-corrected chi connectivity index (χ0v) is 49.4. The summed E-state index contributed by atoms with van der Waals surface area (Å²) in [6.45, 7) is 7.35. The molecule has 0 atom stereocenters. The Labute approximate surface area is 520 Å². The first-order valence-electron chi connectivity index (χ1n) is 29.7. The van der Waals surface area contributed by atoms with Crippen molar-refractivity contribution in [2.75, 3.05) is 0 Å². The highest BCUT2D eigenvalue weighted by atomic mass is 16.2. The van der Waals surface area contributed by atoms with Crippen LogP contribution < -0.4 is 0 Å². The molecule has 0 saturated heterocycles. The number of amides is 8. The third-order valence-electron chi connectivity index (χ3n) is 18.5. The smallest absolute Gasteiger partial charge is 0.261 e. The highest BCUT2D eigenvalue weighted by Crippen LogP contribution is 2.42. The number of hydrogen-bond donors (Lipinski definition) is 2. The monoisotopic (exact) mass is 1210 g/mol. The van der Waals surface area contributed by atoms with E-state index in [4.69, 9.17) is 29.9 Å². The van der Waals surface area contributed by atoms with E-state index in [0.29, 0.717) is 133 Å². The Morgan fingerprint density at radius 2 is 0.467 bits per heavy atom. The van der Waals surface area contributed by atoms with Gasteiger partial charge in [-0.25, -0.2) is 29.9 Å². The summed E-state index contributed by atoms with van der Waals surface area (Å²) >= 11 is 0. The summed E-state index contributed by atoms with van der Waals surface area (Å²) in [6, 6.07) is 42.1. The number of nitrogens with one attached hydrogen (secondary N) is 2. The summed E-state index contributed by atoms with van der Waals surface area (Å²) < 4.78 is 0. The summed E-state index contributed by atoms with van der Waals surface area (Å²) in [5.74, 6) is -2.37. The first-order valence-corrected chi connectivity index (χ1v) is 29.7. The molecule has 8 bridgehead atoms. The molecule has 2 N–H and O–H groups in total. The molecule has 3 aromatic heterocycles. The van der Waals surface area contributed by atoms with Crippen LogP contribution in [0.1, 0.15) is 127 Å². The van der Waals surface area contributed by atoms with Crippen LogP contribution in [0.3, 0.4) is 0 Å². The molecule has 17 rings (SSSR count). The molecule has 0 spiro atoms. The summed E-state index contributed by atoms with van der Waals surface area (Å²) in [7, 11) is 0. The number of hydrogen-bond acceptors (Lipinski definition) is 14. The van der Waals surface area contributed by atoms with Crippen LogP contribution in [-0.4, -0.2) is 107 Å². The topological polar surface area (TPSA) is 258 Å². The standard InChI is InChI=1S/C72H46N12O8/c1-33-21-49-53(25-37(33)29-81-65(85)41-13-5-6-14-42(41)66(81)86)61-73-57(49)77-62-54-26-38(30-82-67(87)43-15-7-8-16-44(43)68(82)88)34(2)22-50(54)59(74-62)79-64-56-28-40(32-84-71(91)47-19-11-12-20-48(47)72(84)92)36(4)24-52(56)60(76-64)80-63-55-27-39(35(3)23-51(55)58(75-63)78-61)31-83-69(89)45-17-9-10-18-46(45)70(83)90/h5-28H,29-32H2,1-4H3,(H2,73,74,75,76,77,78,79,80). The number of fused-ring (bicyclic) bond motifs is 24. The van der Waals surface area contributed by atoms with Gasteiger partial charge in [0.05, 0.1) is 70.7 Å². The molecule has 11 aromatic rings. The van der Waals surface area contributed by atoms with Crippen LogP contribution in [0.15, 0.2) is 146 Å². The van der Waals surface area contributed by atoms with E-state index in [1.807, 2.05) is 76.2 Å². The van der Waals surface area contributed by atoms with Gasteiger partial charge in [0.25, 0.3) is 47.3 Å². The fourth-order valence-corrected chi connectivity index (χ4v) is 13.5. The highest BCUT2D eigenvalue weighted by Gasteiger charge is 2.40. The van der Waals surface area contributed by atoms with Gasteiger partial charge in [-0.1, -0.05) is 48.5 Å². The number of imide groups is 4. The third kappa shape index (κ3) is 7.95. The fraction of sp³-hybridized carbons (Fsp3) is 0.111. The SMILES string of the molecule is Cc1cc2c(cc1CN1C(=O)c3ccccc3C1=O)-c1nc-2nc2[nH]c(nc3nc(nc4[nH]c(n1)c1cc(C)c(CN5C(=O)c6ccccc6C5=O)cc41)-c1cc(C)c(CN4C(=O)c5ccccc5C4=O)cc1-3)c1cc(C)c(CN3C(=O)c4ccccc4C3=O)cc21. The lowest BCUT2D eigenvalue weighted by molar-refractivity contribution is 0.0627. The lowest BCUT2D eigenvalue weighted by Crippen LogP contribution is -2.29. The molecule has 0 saturated carbocycles. The molecule has 8 aromatic carbocycles. The van der Waals surface area contributed by atoms with Crippen LogP contribution in [0.4, 0.5) is 0 Å². The second-order valence-electron chi connectivity index (χ2n) is 23.9. The van der Waals surface area contributed by atoms with Crippen LogP contribution in [0.25, 0.3) is 89.7 Å². The maximum absolute atomic E-state index is 13.9. The van der Waals surface area contributed by atoms with Gasteiger partial charge in [-0.2, -0.15) is 0 Å². The van der Waals surface area contributed by atoms with Crippen molar-refractivity contribution in [3.05, 3.63) is 235 Å². The van der Waals surface area contributed by atoms with Gasteiger partial charge in [0, 0.05) is 43.8 Å². The van der Waals surface area contributed by atoms with Crippen LogP contribution in [-0.2, 0) is 26.2 Å². The molecule has 92 heavy (non-hydrogen) atoms. The Morgan fingerprint density at radius 3 is 0.717 bits per heavy atom. The number of H-pyrrole nitrogens is 2. The number of rotatable bonds is 8. The maximum atomic E-state index is 13.9. The van der Waals surface area contributed by atoms with E-state index in [2.05, 4.69) is 9.97 Å². The molecule has 0 unspecified atom stereocenters. The van der Waals surface area contributed by atoms with Gasteiger partial charge in [0.2, 0.25) is 0 Å². The number of aromatic amines is 2. The van der Waals surface area contributed by atoms with Crippen LogP contribution in [0.5, 0.6) is 0 Å². The van der Waals surface area contributed by atoms with Crippen molar-refractivity contribution < 1.29 is 38.4 Å². The Kier molecular flexibility index (Phi) is 11.5. The molecule has 0 aliphatic carbocycles. The molecule has 9 heterocycles. The first kappa shape index (κ1) is 53.9. The van der Waals surface area contributed by atoms with Gasteiger partial charge in [-0.15, -0.1) is 0 Å². The molecule has 0 fully saturated rings. The zero-order chi connectivity index (χ0) is 62.9. The lowest BCUT2D eigenvalue weighted by atomic mass is 9.99. The van der Waals surface area contributed by atoms with Gasteiger partial charge in [0.15, 0.2) is 23.3 Å². The van der Waals surface area contributed by atoms with Gasteiger partial charge in [-0.05, 0) is 169 Å². The minimum Gasteiger partial charge on any atom is -0.324 e. The molecule has 20 nitrogen and oxygen atoms in total. The van der Waals surface area contributed by atoms with Crippen molar-refractivity contribution in [2.24, 2.45) is 0 Å². The number of nitrogens with zero attached hydrogens (tertiary/aromatic N) is 10. The summed E-state index contributed by atoms with van der Waals surface area (Å²) in [5.41, 5.74) is 11.6. The van der Waals surface area contributed by atoms with Gasteiger partial charge in [-0.3, -0.25) is 58.0 Å². The Morgan fingerprint density at radius 1 is 0.261 bits per heavy atom. The van der Waals surface area contributed by atoms with Gasteiger partial charge >= 0.3 is 0 Å². The summed E-state index contributed by atoms with van der Waals surface area (Å²) in [4.78, 5) is 155. The predicted octanol–water partition coefficient (Wildman–Crippen LogP) is 11.3. The first-order chi connectivity index (χ1) is 44.5. The van der Waals surface area contributed by atoms with Crippen molar-refractivity contribution in [1.82, 2.24) is 59.5 Å². The molecule has 8 amide bonds. The summed E-state index contributed by atoms with van der Waals surface area (Å²) in [5, 5.41) is 2.33. The minimum absolute atomic E-state index is 0.0499. The van der Waals surface area contributed by atoms with E-state index in [1.165, 1.54) is 19.6 Å². The fourth-order valence-electron chi connectivity index (χ4n) is 13.5. The maximum Gasteiger partial charge on any atom is 0.261 e. The average Bonchev–Trinajstić information content (AvgIpc) is 1.72. The van der Waals surface area contributed by atoms with E-state index < -0.39 is 47.3 Å².